The Morgan fingerprint density at radius 3 is 2.67 bits per heavy atom. The highest BCUT2D eigenvalue weighted by atomic mass is 79.9. The molecule has 0 fully saturated rings. The van der Waals surface area contributed by atoms with Crippen LogP contribution in [0, 0.1) is 0 Å². The maximum atomic E-state index is 6.34. The normalized spacial score (nSPS) is 21.8. The van der Waals surface area contributed by atoms with Gasteiger partial charge < -0.3 is 10.5 Å². The van der Waals surface area contributed by atoms with Gasteiger partial charge in [-0.25, -0.2) is 0 Å². The topological polar surface area (TPSA) is 35.2 Å². The lowest BCUT2D eigenvalue weighted by Gasteiger charge is -2.30. The van der Waals surface area contributed by atoms with Crippen LogP contribution < -0.4 is 10.5 Å². The lowest BCUT2D eigenvalue weighted by atomic mass is 9.94. The molecule has 2 N–H and O–H groups in total. The number of rotatable bonds is 1. The molecule has 2 heterocycles. The number of hydrogen-bond donors (Lipinski definition) is 1. The molecule has 3 rings (SSSR count). The molecule has 2 nitrogen and oxygen atoms in total. The third-order valence-electron chi connectivity index (χ3n) is 3.79. The van der Waals surface area contributed by atoms with Crippen LogP contribution in [0.4, 0.5) is 0 Å². The molecular formula is C17H20BrNOS. The van der Waals surface area contributed by atoms with Crippen LogP contribution in [0.5, 0.6) is 5.75 Å². The molecule has 1 unspecified atom stereocenters. The summed E-state index contributed by atoms with van der Waals surface area (Å²) in [6, 6.07) is 10.5. The van der Waals surface area contributed by atoms with Crippen molar-refractivity contribution >= 4 is 27.3 Å². The second-order valence-corrected chi connectivity index (χ2v) is 8.61. The van der Waals surface area contributed by atoms with Gasteiger partial charge in [-0.1, -0.05) is 36.7 Å². The van der Waals surface area contributed by atoms with Gasteiger partial charge in [0, 0.05) is 32.3 Å². The molecule has 4 heteroatoms. The Bertz CT molecular complexity index is 659. The van der Waals surface area contributed by atoms with Gasteiger partial charge in [-0.2, -0.15) is 0 Å². The molecule has 0 saturated carbocycles. The first kappa shape index (κ1) is 15.1. The average Bonchev–Trinajstić information content (AvgIpc) is 2.89. The maximum Gasteiger partial charge on any atom is 0.135 e. The number of ether oxygens (including phenoxy) is 1. The van der Waals surface area contributed by atoms with Crippen LogP contribution in [-0.4, -0.2) is 0 Å². The van der Waals surface area contributed by atoms with Crippen LogP contribution in [0.2, 0.25) is 0 Å². The Morgan fingerprint density at radius 2 is 2.00 bits per heavy atom. The predicted molar refractivity (Wildman–Crippen MR) is 92.1 cm³/mol. The summed E-state index contributed by atoms with van der Waals surface area (Å²) in [5.41, 5.74) is 7.61. The van der Waals surface area contributed by atoms with E-state index in [0.717, 1.165) is 22.2 Å². The molecule has 0 spiro atoms. The number of thiophene rings is 1. The zero-order chi connectivity index (χ0) is 15.2. The fourth-order valence-corrected chi connectivity index (χ4v) is 4.07. The Kier molecular flexibility index (Phi) is 3.89. The van der Waals surface area contributed by atoms with E-state index in [1.165, 1.54) is 9.75 Å². The van der Waals surface area contributed by atoms with Crippen molar-refractivity contribution < 1.29 is 4.74 Å². The molecule has 1 aromatic carbocycles. The molecule has 112 valence electrons. The first-order valence-corrected chi connectivity index (χ1v) is 8.77. The maximum absolute atomic E-state index is 6.34. The number of hydrogen-bond acceptors (Lipinski definition) is 3. The van der Waals surface area contributed by atoms with Crippen LogP contribution in [0.15, 0.2) is 34.8 Å². The van der Waals surface area contributed by atoms with Gasteiger partial charge in [-0.15, -0.1) is 11.3 Å². The number of halogens is 1. The highest BCUT2D eigenvalue weighted by Crippen LogP contribution is 2.43. The van der Waals surface area contributed by atoms with E-state index in [9.17, 15) is 0 Å². The minimum atomic E-state index is 0.0245. The minimum Gasteiger partial charge on any atom is -0.484 e. The average molecular weight is 366 g/mol. The third-order valence-corrected chi connectivity index (χ3v) is 5.89. The monoisotopic (exact) mass is 365 g/mol. The van der Waals surface area contributed by atoms with Crippen LogP contribution >= 0.6 is 27.3 Å². The summed E-state index contributed by atoms with van der Waals surface area (Å²) in [7, 11) is 0. The largest absolute Gasteiger partial charge is 0.484 e. The quantitative estimate of drug-likeness (QED) is 0.740. The van der Waals surface area contributed by atoms with Gasteiger partial charge in [0.05, 0.1) is 0 Å². The van der Waals surface area contributed by atoms with Crippen LogP contribution in [0.1, 0.15) is 54.7 Å². The van der Waals surface area contributed by atoms with Crippen molar-refractivity contribution in [2.24, 2.45) is 5.73 Å². The van der Waals surface area contributed by atoms with Crippen LogP contribution in [0.25, 0.3) is 0 Å². The van der Waals surface area contributed by atoms with Crippen LogP contribution in [-0.2, 0) is 5.41 Å². The Balaban J connectivity index is 1.89. The second-order valence-electron chi connectivity index (χ2n) is 6.58. The summed E-state index contributed by atoms with van der Waals surface area (Å²) in [5.74, 6) is 0.910. The minimum absolute atomic E-state index is 0.0245. The fraction of sp³-hybridized carbons (Fsp3) is 0.412. The summed E-state index contributed by atoms with van der Waals surface area (Å²) in [6.45, 7) is 6.72. The van der Waals surface area contributed by atoms with E-state index in [2.05, 4.69) is 54.9 Å². The Morgan fingerprint density at radius 1 is 1.24 bits per heavy atom. The second kappa shape index (κ2) is 5.41. The van der Waals surface area contributed by atoms with Crippen molar-refractivity contribution in [1.29, 1.82) is 0 Å². The Labute approximate surface area is 138 Å². The van der Waals surface area contributed by atoms with E-state index < -0.39 is 0 Å². The molecule has 0 aliphatic carbocycles. The van der Waals surface area contributed by atoms with Crippen molar-refractivity contribution in [1.82, 2.24) is 0 Å². The Hall–Kier alpha value is -0.840. The first-order chi connectivity index (χ1) is 9.84. The lowest BCUT2D eigenvalue weighted by molar-refractivity contribution is 0.165. The van der Waals surface area contributed by atoms with E-state index in [0.29, 0.717) is 0 Å². The molecule has 2 aromatic rings. The van der Waals surface area contributed by atoms with E-state index >= 15 is 0 Å². The van der Waals surface area contributed by atoms with Crippen LogP contribution in [0.3, 0.4) is 0 Å². The molecular weight excluding hydrogens is 346 g/mol. The van der Waals surface area contributed by atoms with Gasteiger partial charge in [0.15, 0.2) is 0 Å². The van der Waals surface area contributed by atoms with Gasteiger partial charge in [-0.3, -0.25) is 0 Å². The van der Waals surface area contributed by atoms with Gasteiger partial charge in [-0.05, 0) is 35.7 Å². The van der Waals surface area contributed by atoms with Crippen molar-refractivity contribution in [2.75, 3.05) is 0 Å². The zero-order valence-corrected chi connectivity index (χ0v) is 14.9. The van der Waals surface area contributed by atoms with Crippen molar-refractivity contribution in [2.45, 2.75) is 44.8 Å². The van der Waals surface area contributed by atoms with E-state index in [4.69, 9.17) is 10.5 Å². The summed E-state index contributed by atoms with van der Waals surface area (Å²) in [4.78, 5) is 2.65. The van der Waals surface area contributed by atoms with Crippen molar-refractivity contribution in [3.8, 4) is 5.75 Å². The van der Waals surface area contributed by atoms with Gasteiger partial charge in [0.25, 0.3) is 0 Å². The van der Waals surface area contributed by atoms with Gasteiger partial charge >= 0.3 is 0 Å². The van der Waals surface area contributed by atoms with E-state index in [1.807, 2.05) is 23.5 Å². The standard InChI is InChI=1S/C17H20BrNOS/c1-17(2,3)16-7-6-15(21-16)14-9-12(19)11-8-10(18)4-5-13(11)20-14/h4-8,12,14H,9,19H2,1-3H3/t12-,14?/m1/s1. The number of benzene rings is 1. The van der Waals surface area contributed by atoms with Crippen molar-refractivity contribution in [3.05, 3.63) is 50.1 Å². The summed E-state index contributed by atoms with van der Waals surface area (Å²) >= 11 is 5.33. The number of nitrogens with two attached hydrogens (primary N) is 1. The smallest absolute Gasteiger partial charge is 0.135 e. The predicted octanol–water partition coefficient (Wildman–Crippen LogP) is 5.33. The fourth-order valence-electron chi connectivity index (χ4n) is 2.58. The molecule has 21 heavy (non-hydrogen) atoms. The molecule has 0 radical (unpaired) electrons. The summed E-state index contributed by atoms with van der Waals surface area (Å²) in [6.07, 6.45) is 0.892. The molecule has 1 aliphatic heterocycles. The van der Waals surface area contributed by atoms with Gasteiger partial charge in [0.2, 0.25) is 0 Å². The first-order valence-electron chi connectivity index (χ1n) is 7.16. The molecule has 0 amide bonds. The highest BCUT2D eigenvalue weighted by molar-refractivity contribution is 9.10. The third kappa shape index (κ3) is 3.03. The highest BCUT2D eigenvalue weighted by Gasteiger charge is 2.29. The molecule has 1 aliphatic rings. The molecule has 0 saturated heterocycles. The van der Waals surface area contributed by atoms with Crippen molar-refractivity contribution in [3.63, 3.8) is 0 Å². The number of fused-ring (bicyclic) bond motifs is 1. The molecule has 0 bridgehead atoms. The van der Waals surface area contributed by atoms with E-state index in [-0.39, 0.29) is 17.6 Å². The molecule has 1 aromatic heterocycles. The van der Waals surface area contributed by atoms with E-state index in [1.54, 1.807) is 0 Å². The van der Waals surface area contributed by atoms with Gasteiger partial charge in [0.1, 0.15) is 11.9 Å². The zero-order valence-electron chi connectivity index (χ0n) is 12.5. The molecule has 2 atom stereocenters. The summed E-state index contributed by atoms with van der Waals surface area (Å²) < 4.78 is 7.23. The SMILES string of the molecule is CC(C)(C)c1ccc(C2C[C@@H](N)c3cc(Br)ccc3O2)s1. The lowest BCUT2D eigenvalue weighted by Crippen LogP contribution is -2.23. The summed E-state index contributed by atoms with van der Waals surface area (Å²) in [5, 5.41) is 0.